The standard InChI is InChI=1S/C30H37N15O16P2.2H3N/c31-22-13-25(37-4-34-22)43(7-40-13)28-17(48)16(47)11(58-28)2-55-62(51,52)61-21-12(59-30(19(21)50)45-9-42-15-24(33)36-6-39-27(15)45)3-56-63(53,54)60-20-10(1-46)57-29(18(20)49)44-8-41-14-23(32)35-5-38-26(14)44;;/h4-12,16-21,28-30,46-50H,1-3H2,(H,51,52)(H,53,54)(H2,31,34,37)(H2,32,35,38)(H2,33,36,39);2*1H3/t10-,11-,12-,16-,17-,18-,19-,20-,21-,28-,29-,30-;;/m1../s1. The molecule has 2 unspecified atom stereocenters. The van der Waals surface area contributed by atoms with Gasteiger partial charge in [0.15, 0.2) is 53.1 Å². The van der Waals surface area contributed by atoms with Crippen LogP contribution in [0.5, 0.6) is 0 Å². The summed E-state index contributed by atoms with van der Waals surface area (Å²) in [4.78, 5) is 62.8. The second-order valence-corrected chi connectivity index (χ2v) is 16.9. The fraction of sp³-hybridized carbons (Fsp3) is 0.500. The summed E-state index contributed by atoms with van der Waals surface area (Å²) in [6, 6.07) is 0. The van der Waals surface area contributed by atoms with E-state index in [1.807, 2.05) is 0 Å². The van der Waals surface area contributed by atoms with Gasteiger partial charge in [0.1, 0.15) is 90.5 Å². The highest BCUT2D eigenvalue weighted by Gasteiger charge is 2.51. The summed E-state index contributed by atoms with van der Waals surface area (Å²) in [6.45, 7) is -2.86. The van der Waals surface area contributed by atoms with Gasteiger partial charge < -0.3 is 97.1 Å². The summed E-state index contributed by atoms with van der Waals surface area (Å²) in [5, 5.41) is 54.3. The molecule has 0 aromatic carbocycles. The molecule has 6 aromatic heterocycles. The van der Waals surface area contributed by atoms with E-state index in [2.05, 4.69) is 44.9 Å². The molecule has 0 amide bonds. The lowest BCUT2D eigenvalue weighted by Gasteiger charge is -2.32. The molecule has 33 nitrogen and oxygen atoms in total. The number of nitrogen functional groups attached to an aromatic ring is 3. The van der Waals surface area contributed by atoms with Crippen LogP contribution >= 0.6 is 15.6 Å². The van der Waals surface area contributed by atoms with E-state index in [4.69, 9.17) is 49.5 Å². The first-order valence-corrected chi connectivity index (χ1v) is 21.3. The van der Waals surface area contributed by atoms with Crippen molar-refractivity contribution in [1.82, 2.24) is 70.9 Å². The highest BCUT2D eigenvalue weighted by Crippen LogP contribution is 2.49. The lowest BCUT2D eigenvalue weighted by molar-refractivity contribution is -0.240. The van der Waals surface area contributed by atoms with Gasteiger partial charge in [-0.15, -0.1) is 0 Å². The first kappa shape index (κ1) is 47.8. The SMILES string of the molecule is Nc1ncnc2c1ncn2[C@@H]1O[C@H](COP(=O)([O-])O[C@H]2[C@@H](O)[C@H](n3cnc4c(N)ncnc43)O[C@@H]2COP(=O)([O-])O[C@H]2[C@@H](O)[C@H](n3cnc4c(N)ncnc43)O[C@@H]2CO)[C@@H](O)[C@H]1O.[NH4+].[NH4+]. The van der Waals surface area contributed by atoms with E-state index < -0.39 is 109 Å². The Bertz CT molecular complexity index is 2750. The molecule has 3 fully saturated rings. The van der Waals surface area contributed by atoms with Crippen molar-refractivity contribution in [3.05, 3.63) is 38.0 Å². The third-order valence-corrected chi connectivity index (χ3v) is 12.3. The zero-order chi connectivity index (χ0) is 44.5. The van der Waals surface area contributed by atoms with Gasteiger partial charge in [0, 0.05) is 0 Å². The fourth-order valence-electron chi connectivity index (χ4n) is 7.39. The van der Waals surface area contributed by atoms with Gasteiger partial charge in [-0.1, -0.05) is 0 Å². The van der Waals surface area contributed by atoms with Crippen molar-refractivity contribution in [3.8, 4) is 0 Å². The molecule has 9 rings (SSSR count). The Balaban J connectivity index is 0.00000315. The molecule has 0 aliphatic carbocycles. The van der Waals surface area contributed by atoms with Gasteiger partial charge in [-0.05, 0) is 0 Å². The number of nitrogens with two attached hydrogens (primary N) is 3. The van der Waals surface area contributed by atoms with E-state index in [1.165, 1.54) is 21.8 Å². The average molecular weight is 960 g/mol. The van der Waals surface area contributed by atoms with E-state index in [0.29, 0.717) is 0 Å². The molecule has 0 spiro atoms. The van der Waals surface area contributed by atoms with Crippen LogP contribution in [-0.4, -0.2) is 159 Å². The Morgan fingerprint density at radius 1 is 0.554 bits per heavy atom. The number of ether oxygens (including phenoxy) is 3. The van der Waals surface area contributed by atoms with Gasteiger partial charge in [-0.3, -0.25) is 22.8 Å². The summed E-state index contributed by atoms with van der Waals surface area (Å²) < 4.78 is 68.3. The van der Waals surface area contributed by atoms with Gasteiger partial charge in [0.05, 0.1) is 38.8 Å². The average Bonchev–Trinajstić information content (AvgIpc) is 4.11. The quantitative estimate of drug-likeness (QED) is 0.0464. The lowest BCUT2D eigenvalue weighted by atomic mass is 10.1. The third kappa shape index (κ3) is 8.71. The number of hydrogen-bond donors (Lipinski definition) is 10. The van der Waals surface area contributed by atoms with Crippen molar-refractivity contribution in [3.63, 3.8) is 0 Å². The number of aromatic nitrogens is 12. The number of hydrogen-bond acceptors (Lipinski definition) is 28. The molecule has 3 saturated heterocycles. The molecule has 6 aromatic rings. The van der Waals surface area contributed by atoms with E-state index in [-0.39, 0.29) is 63.2 Å². The summed E-state index contributed by atoms with van der Waals surface area (Å²) in [6.07, 6.45) is -13.0. The molecule has 354 valence electrons. The Labute approximate surface area is 362 Å². The zero-order valence-corrected chi connectivity index (χ0v) is 35.5. The number of anilines is 3. The fourth-order valence-corrected chi connectivity index (χ4v) is 9.29. The Hall–Kier alpha value is -5.13. The third-order valence-electron chi connectivity index (χ3n) is 10.4. The number of aliphatic hydroxyl groups excluding tert-OH is 5. The molecule has 0 bridgehead atoms. The second kappa shape index (κ2) is 18.3. The minimum Gasteiger partial charge on any atom is -0.756 e. The lowest BCUT2D eigenvalue weighted by Crippen LogP contribution is -2.39. The minimum absolute atomic E-state index is 0. The van der Waals surface area contributed by atoms with Crippen molar-refractivity contribution in [2.45, 2.75) is 73.6 Å². The van der Waals surface area contributed by atoms with Crippen LogP contribution in [0.15, 0.2) is 38.0 Å². The monoisotopic (exact) mass is 959 g/mol. The predicted octanol–water partition coefficient (Wildman–Crippen LogP) is -4.13. The van der Waals surface area contributed by atoms with Crippen molar-refractivity contribution >= 4 is 66.6 Å². The van der Waals surface area contributed by atoms with Crippen molar-refractivity contribution in [1.29, 1.82) is 0 Å². The van der Waals surface area contributed by atoms with Crippen LogP contribution in [0, 0.1) is 0 Å². The Kier molecular flexibility index (Phi) is 13.4. The first-order valence-electron chi connectivity index (χ1n) is 18.4. The van der Waals surface area contributed by atoms with E-state index in [9.17, 15) is 44.4 Å². The minimum atomic E-state index is -5.59. The van der Waals surface area contributed by atoms with Crippen molar-refractivity contribution in [2.24, 2.45) is 0 Å². The Morgan fingerprint density at radius 2 is 0.908 bits per heavy atom. The number of rotatable bonds is 14. The Morgan fingerprint density at radius 3 is 1.32 bits per heavy atom. The topological polar surface area (TPSA) is 528 Å². The number of quaternary nitrogens is 2. The molecule has 9 heterocycles. The van der Waals surface area contributed by atoms with E-state index in [0.717, 1.165) is 29.9 Å². The van der Waals surface area contributed by atoms with Gasteiger partial charge in [0.25, 0.3) is 15.6 Å². The van der Waals surface area contributed by atoms with Gasteiger partial charge in [-0.2, -0.15) is 0 Å². The van der Waals surface area contributed by atoms with Gasteiger partial charge >= 0.3 is 0 Å². The maximum Gasteiger partial charge on any atom is 0.268 e. The van der Waals surface area contributed by atoms with Gasteiger partial charge in [0.2, 0.25) is 0 Å². The molecular formula is C30H43N17O16P2. The summed E-state index contributed by atoms with van der Waals surface area (Å²) in [7, 11) is -11.1. The summed E-state index contributed by atoms with van der Waals surface area (Å²) >= 11 is 0. The number of aliphatic hydroxyl groups is 5. The zero-order valence-electron chi connectivity index (χ0n) is 33.7. The smallest absolute Gasteiger partial charge is 0.268 e. The molecule has 65 heavy (non-hydrogen) atoms. The maximum absolute atomic E-state index is 13.4. The van der Waals surface area contributed by atoms with Crippen LogP contribution in [-0.2, 0) is 41.4 Å². The highest BCUT2D eigenvalue weighted by atomic mass is 31.2. The van der Waals surface area contributed by atoms with Crippen molar-refractivity contribution < 1.29 is 76.8 Å². The van der Waals surface area contributed by atoms with Gasteiger partial charge in [-0.25, -0.2) is 44.9 Å². The molecule has 3 aliphatic rings. The number of nitrogens with zero attached hydrogens (tertiary/aromatic N) is 12. The molecule has 3 aliphatic heterocycles. The maximum atomic E-state index is 13.4. The van der Waals surface area contributed by atoms with Crippen LogP contribution in [0.1, 0.15) is 18.7 Å². The first-order chi connectivity index (χ1) is 30.1. The largest absolute Gasteiger partial charge is 0.756 e. The van der Waals surface area contributed by atoms with E-state index in [1.54, 1.807) is 0 Å². The highest BCUT2D eigenvalue weighted by molar-refractivity contribution is 7.46. The van der Waals surface area contributed by atoms with Crippen LogP contribution in [0.2, 0.25) is 0 Å². The van der Waals surface area contributed by atoms with Crippen molar-refractivity contribution in [2.75, 3.05) is 37.0 Å². The van der Waals surface area contributed by atoms with Crippen LogP contribution in [0.3, 0.4) is 0 Å². The van der Waals surface area contributed by atoms with Crippen LogP contribution < -0.4 is 39.3 Å². The molecule has 0 saturated carbocycles. The normalized spacial score (nSPS) is 30.9. The number of imidazole rings is 3. The second-order valence-electron chi connectivity index (χ2n) is 14.2. The number of phosphoric acid groups is 2. The molecular weight excluding hydrogens is 916 g/mol. The summed E-state index contributed by atoms with van der Waals surface area (Å²) in [5.41, 5.74) is 18.2. The van der Waals surface area contributed by atoms with E-state index >= 15 is 0 Å². The number of fused-ring (bicyclic) bond motifs is 3. The summed E-state index contributed by atoms with van der Waals surface area (Å²) in [5.74, 6) is -0.0166. The predicted molar refractivity (Wildman–Crippen MR) is 211 cm³/mol. The molecule has 35 heteroatoms. The van der Waals surface area contributed by atoms with Crippen LogP contribution in [0.4, 0.5) is 17.5 Å². The molecule has 19 N–H and O–H groups in total. The number of phosphoric ester groups is 2. The van der Waals surface area contributed by atoms with Crippen LogP contribution in [0.25, 0.3) is 33.5 Å². The molecule has 0 radical (unpaired) electrons. The molecule has 14 atom stereocenters.